The summed E-state index contributed by atoms with van der Waals surface area (Å²) in [6.07, 6.45) is 6.32. The summed E-state index contributed by atoms with van der Waals surface area (Å²) in [6, 6.07) is 10.8. The van der Waals surface area contributed by atoms with Crippen LogP contribution < -0.4 is 5.56 Å². The Morgan fingerprint density at radius 2 is 1.67 bits per heavy atom. The Labute approximate surface area is 191 Å². The molecule has 1 saturated carbocycles. The zero-order chi connectivity index (χ0) is 22.8. The molecule has 5 rings (SSSR count). The molecule has 1 aromatic carbocycles. The van der Waals surface area contributed by atoms with Gasteiger partial charge in [-0.2, -0.15) is 5.10 Å². The van der Waals surface area contributed by atoms with Gasteiger partial charge in [0.25, 0.3) is 11.5 Å². The van der Waals surface area contributed by atoms with Gasteiger partial charge in [-0.1, -0.05) is 31.0 Å². The molecule has 8 heteroatoms. The van der Waals surface area contributed by atoms with Crippen LogP contribution in [0.2, 0.25) is 0 Å². The second-order valence-electron chi connectivity index (χ2n) is 8.86. The topological polar surface area (TPSA) is 99.3 Å². The third-order valence-corrected chi connectivity index (χ3v) is 6.77. The molecule has 0 atom stereocenters. The lowest BCUT2D eigenvalue weighted by molar-refractivity contribution is -0.136. The highest BCUT2D eigenvalue weighted by Crippen LogP contribution is 2.27. The number of carbonyl (C=O) groups excluding carboxylic acids is 2. The summed E-state index contributed by atoms with van der Waals surface area (Å²) < 4.78 is 0. The van der Waals surface area contributed by atoms with Crippen molar-refractivity contribution in [3.05, 3.63) is 69.9 Å². The van der Waals surface area contributed by atoms with Crippen molar-refractivity contribution in [1.29, 1.82) is 0 Å². The van der Waals surface area contributed by atoms with Crippen LogP contribution in [0.15, 0.2) is 47.4 Å². The fraction of sp³-hybridized carbons (Fsp3) is 0.400. The molecule has 8 nitrogen and oxygen atoms in total. The zero-order valence-corrected chi connectivity index (χ0v) is 18.5. The molecular formula is C25H27N5O3. The van der Waals surface area contributed by atoms with Crippen molar-refractivity contribution in [3.8, 4) is 0 Å². The molecule has 0 spiro atoms. The molecule has 33 heavy (non-hydrogen) atoms. The number of piperazine rings is 1. The van der Waals surface area contributed by atoms with Crippen molar-refractivity contribution in [2.24, 2.45) is 5.92 Å². The van der Waals surface area contributed by atoms with Gasteiger partial charge in [-0.05, 0) is 31.0 Å². The van der Waals surface area contributed by atoms with Gasteiger partial charge in [0.1, 0.15) is 0 Å². The molecule has 1 aliphatic carbocycles. The van der Waals surface area contributed by atoms with Crippen molar-refractivity contribution in [1.82, 2.24) is 25.0 Å². The van der Waals surface area contributed by atoms with Crippen molar-refractivity contribution in [3.63, 3.8) is 0 Å². The van der Waals surface area contributed by atoms with Crippen LogP contribution in [0.1, 0.15) is 47.4 Å². The lowest BCUT2D eigenvalue weighted by Gasteiger charge is -2.36. The minimum absolute atomic E-state index is 0.0501. The number of amides is 2. The first-order valence-electron chi connectivity index (χ1n) is 11.6. The number of hydrogen-bond acceptors (Lipinski definition) is 5. The summed E-state index contributed by atoms with van der Waals surface area (Å²) in [6.45, 7) is 2.26. The Kier molecular flexibility index (Phi) is 5.90. The lowest BCUT2D eigenvalue weighted by atomic mass is 10.1. The Morgan fingerprint density at radius 1 is 0.970 bits per heavy atom. The number of pyridine rings is 1. The SMILES string of the molecule is O=C(c1ccnc(Cc2n[nH]c(=O)c3ccccc23)c1)N1CCN(C(=O)C2CCCC2)CC1. The molecule has 0 unspecified atom stereocenters. The van der Waals surface area contributed by atoms with Crippen LogP contribution in [-0.2, 0) is 11.2 Å². The van der Waals surface area contributed by atoms with E-state index in [9.17, 15) is 14.4 Å². The largest absolute Gasteiger partial charge is 0.339 e. The fourth-order valence-electron chi connectivity index (χ4n) is 4.93. The van der Waals surface area contributed by atoms with Crippen LogP contribution in [0.3, 0.4) is 0 Å². The molecule has 0 radical (unpaired) electrons. The number of carbonyl (C=O) groups is 2. The highest BCUT2D eigenvalue weighted by Gasteiger charge is 2.30. The van der Waals surface area contributed by atoms with E-state index in [-0.39, 0.29) is 23.3 Å². The summed E-state index contributed by atoms with van der Waals surface area (Å²) in [5.74, 6) is 0.380. The van der Waals surface area contributed by atoms with Gasteiger partial charge in [0.2, 0.25) is 5.91 Å². The Morgan fingerprint density at radius 3 is 2.42 bits per heavy atom. The number of nitrogens with zero attached hydrogens (tertiary/aromatic N) is 4. The molecule has 1 N–H and O–H groups in total. The van der Waals surface area contributed by atoms with E-state index in [1.165, 1.54) is 0 Å². The van der Waals surface area contributed by atoms with Crippen LogP contribution in [0.5, 0.6) is 0 Å². The number of aromatic nitrogens is 3. The summed E-state index contributed by atoms with van der Waals surface area (Å²) >= 11 is 0. The number of nitrogens with one attached hydrogen (secondary N) is 1. The molecule has 3 aromatic rings. The quantitative estimate of drug-likeness (QED) is 0.665. The summed E-state index contributed by atoms with van der Waals surface area (Å²) in [5, 5.41) is 8.12. The third-order valence-electron chi connectivity index (χ3n) is 6.77. The molecule has 2 aliphatic rings. The molecule has 2 amide bonds. The van der Waals surface area contributed by atoms with E-state index in [4.69, 9.17) is 0 Å². The number of hydrogen-bond donors (Lipinski definition) is 1. The van der Waals surface area contributed by atoms with E-state index < -0.39 is 0 Å². The maximum atomic E-state index is 13.1. The third kappa shape index (κ3) is 4.37. The average Bonchev–Trinajstić information content (AvgIpc) is 3.40. The maximum absolute atomic E-state index is 13.1. The van der Waals surface area contributed by atoms with Gasteiger partial charge in [-0.25, -0.2) is 5.10 Å². The standard InChI is InChI=1S/C25H27N5O3/c31-23-21-8-4-3-7-20(21)22(27-28-23)16-19-15-18(9-10-26-19)25(33)30-13-11-29(12-14-30)24(32)17-5-1-2-6-17/h3-4,7-10,15,17H,1-2,5-6,11-14,16H2,(H,28,31). The average molecular weight is 446 g/mol. The number of rotatable bonds is 4. The first-order valence-corrected chi connectivity index (χ1v) is 11.6. The molecule has 2 aromatic heterocycles. The van der Waals surface area contributed by atoms with Gasteiger partial charge in [-0.15, -0.1) is 0 Å². The van der Waals surface area contributed by atoms with Gasteiger partial charge in [0, 0.05) is 61.4 Å². The molecule has 0 bridgehead atoms. The first kappa shape index (κ1) is 21.3. The predicted octanol–water partition coefficient (Wildman–Crippen LogP) is 2.38. The second kappa shape index (κ2) is 9.13. The molecule has 2 fully saturated rings. The summed E-state index contributed by atoms with van der Waals surface area (Å²) in [7, 11) is 0. The summed E-state index contributed by atoms with van der Waals surface area (Å²) in [5.41, 5.74) is 1.77. The van der Waals surface area contributed by atoms with Crippen LogP contribution in [-0.4, -0.2) is 63.0 Å². The Hall–Kier alpha value is -3.55. The Bertz CT molecular complexity index is 1240. The van der Waals surface area contributed by atoms with Crippen molar-refractivity contribution >= 4 is 22.6 Å². The van der Waals surface area contributed by atoms with E-state index in [0.29, 0.717) is 54.9 Å². The van der Waals surface area contributed by atoms with Crippen LogP contribution in [0, 0.1) is 5.92 Å². The van der Waals surface area contributed by atoms with Gasteiger partial charge in [-0.3, -0.25) is 19.4 Å². The molecule has 1 saturated heterocycles. The van der Waals surface area contributed by atoms with Gasteiger partial charge in [0.05, 0.1) is 11.1 Å². The van der Waals surface area contributed by atoms with Crippen LogP contribution in [0.4, 0.5) is 0 Å². The van der Waals surface area contributed by atoms with E-state index >= 15 is 0 Å². The number of aromatic amines is 1. The van der Waals surface area contributed by atoms with E-state index in [2.05, 4.69) is 15.2 Å². The minimum Gasteiger partial charge on any atom is -0.339 e. The second-order valence-corrected chi connectivity index (χ2v) is 8.86. The molecule has 170 valence electrons. The van der Waals surface area contributed by atoms with Crippen molar-refractivity contribution < 1.29 is 9.59 Å². The van der Waals surface area contributed by atoms with E-state index in [0.717, 1.165) is 31.1 Å². The highest BCUT2D eigenvalue weighted by molar-refractivity contribution is 5.94. The number of H-pyrrole nitrogens is 1. The first-order chi connectivity index (χ1) is 16.1. The van der Waals surface area contributed by atoms with Gasteiger partial charge < -0.3 is 9.80 Å². The van der Waals surface area contributed by atoms with Crippen LogP contribution in [0.25, 0.3) is 10.8 Å². The number of benzene rings is 1. The predicted molar refractivity (Wildman–Crippen MR) is 124 cm³/mol. The zero-order valence-electron chi connectivity index (χ0n) is 18.5. The molecule has 3 heterocycles. The van der Waals surface area contributed by atoms with Gasteiger partial charge >= 0.3 is 0 Å². The monoisotopic (exact) mass is 445 g/mol. The summed E-state index contributed by atoms with van der Waals surface area (Å²) in [4.78, 5) is 46.0. The van der Waals surface area contributed by atoms with Crippen molar-refractivity contribution in [2.75, 3.05) is 26.2 Å². The van der Waals surface area contributed by atoms with E-state index in [1.807, 2.05) is 28.0 Å². The molecular weight excluding hydrogens is 418 g/mol. The minimum atomic E-state index is -0.225. The van der Waals surface area contributed by atoms with Gasteiger partial charge in [0.15, 0.2) is 0 Å². The lowest BCUT2D eigenvalue weighted by Crippen LogP contribution is -2.51. The smallest absolute Gasteiger partial charge is 0.272 e. The highest BCUT2D eigenvalue weighted by atomic mass is 16.2. The Balaban J connectivity index is 1.27. The van der Waals surface area contributed by atoms with Crippen LogP contribution >= 0.6 is 0 Å². The number of fused-ring (bicyclic) bond motifs is 1. The normalized spacial score (nSPS) is 17.0. The maximum Gasteiger partial charge on any atom is 0.272 e. The fourth-order valence-corrected chi connectivity index (χ4v) is 4.93. The van der Waals surface area contributed by atoms with E-state index in [1.54, 1.807) is 24.4 Å². The van der Waals surface area contributed by atoms with Crippen molar-refractivity contribution in [2.45, 2.75) is 32.1 Å². The molecule has 1 aliphatic heterocycles.